The lowest BCUT2D eigenvalue weighted by molar-refractivity contribution is 0.593. The number of para-hydroxylation sites is 2. The Morgan fingerprint density at radius 3 is 1.39 bits per heavy atom. The van der Waals surface area contributed by atoms with Crippen molar-refractivity contribution in [2.75, 3.05) is 0 Å². The van der Waals surface area contributed by atoms with E-state index in [0.717, 1.165) is 81.4 Å². The van der Waals surface area contributed by atoms with Gasteiger partial charge in [-0.1, -0.05) is 146 Å². The predicted octanol–water partition coefficient (Wildman–Crippen LogP) is 9.55. The molecule has 46 heavy (non-hydrogen) atoms. The monoisotopic (exact) mass is 606 g/mol. The summed E-state index contributed by atoms with van der Waals surface area (Å²) in [5, 5.41) is 8.77. The van der Waals surface area contributed by atoms with Gasteiger partial charge in [0, 0.05) is 21.3 Å². The highest BCUT2D eigenvalue weighted by Crippen LogP contribution is 2.50. The summed E-state index contributed by atoms with van der Waals surface area (Å²) < 4.78 is 16.0. The minimum absolute atomic E-state index is 0.822. The largest absolute Gasteiger partial charge is 0.309 e. The SMILES string of the molecule is O=P(c1ccccc1)(c1ccccc1)c1c2ccccc2c(-c2cc3nc4ccccc4nc3c3ccccc23)c2ccccc12. The second-order valence-electron chi connectivity index (χ2n) is 11.6. The van der Waals surface area contributed by atoms with E-state index in [-0.39, 0.29) is 0 Å². The third-order valence-electron chi connectivity index (χ3n) is 9.08. The van der Waals surface area contributed by atoms with Crippen LogP contribution in [-0.4, -0.2) is 9.97 Å². The molecule has 8 aromatic carbocycles. The number of rotatable bonds is 4. The van der Waals surface area contributed by atoms with E-state index in [0.29, 0.717) is 0 Å². The van der Waals surface area contributed by atoms with Gasteiger partial charge in [0.15, 0.2) is 7.14 Å². The fourth-order valence-electron chi connectivity index (χ4n) is 7.08. The van der Waals surface area contributed by atoms with E-state index < -0.39 is 7.14 Å². The first kappa shape index (κ1) is 26.7. The Bertz CT molecular complexity index is 2570. The van der Waals surface area contributed by atoms with E-state index in [1.54, 1.807) is 0 Å². The second kappa shape index (κ2) is 10.5. The van der Waals surface area contributed by atoms with Crippen LogP contribution in [0.5, 0.6) is 0 Å². The molecule has 0 saturated heterocycles. The van der Waals surface area contributed by atoms with Crippen LogP contribution in [0.2, 0.25) is 0 Å². The van der Waals surface area contributed by atoms with Gasteiger partial charge in [-0.15, -0.1) is 0 Å². The molecule has 0 saturated carbocycles. The number of hydrogen-bond acceptors (Lipinski definition) is 3. The van der Waals surface area contributed by atoms with Crippen LogP contribution < -0.4 is 15.9 Å². The van der Waals surface area contributed by atoms with Gasteiger partial charge in [-0.25, -0.2) is 9.97 Å². The molecule has 0 unspecified atom stereocenters. The molecule has 9 rings (SSSR count). The molecule has 9 aromatic rings. The second-order valence-corrected chi connectivity index (χ2v) is 14.3. The molecule has 0 amide bonds. The molecule has 0 aliphatic heterocycles. The third-order valence-corrected chi connectivity index (χ3v) is 12.2. The maximum Gasteiger partial charge on any atom is 0.172 e. The number of benzene rings is 8. The van der Waals surface area contributed by atoms with Gasteiger partial charge in [-0.05, 0) is 56.3 Å². The molecule has 0 aliphatic rings. The van der Waals surface area contributed by atoms with Crippen LogP contribution in [0.4, 0.5) is 0 Å². The van der Waals surface area contributed by atoms with Crippen molar-refractivity contribution in [1.82, 2.24) is 9.97 Å². The van der Waals surface area contributed by atoms with Gasteiger partial charge < -0.3 is 4.57 Å². The lowest BCUT2D eigenvalue weighted by Crippen LogP contribution is -2.26. The van der Waals surface area contributed by atoms with E-state index in [9.17, 15) is 0 Å². The molecule has 0 atom stereocenters. The Morgan fingerprint density at radius 1 is 0.391 bits per heavy atom. The molecule has 1 heterocycles. The summed E-state index contributed by atoms with van der Waals surface area (Å²) in [4.78, 5) is 10.2. The summed E-state index contributed by atoms with van der Waals surface area (Å²) in [6.07, 6.45) is 0. The average Bonchev–Trinajstić information content (AvgIpc) is 3.13. The predicted molar refractivity (Wildman–Crippen MR) is 194 cm³/mol. The number of aromatic nitrogens is 2. The quantitative estimate of drug-likeness (QED) is 0.114. The van der Waals surface area contributed by atoms with Crippen molar-refractivity contribution in [2.24, 2.45) is 0 Å². The normalized spacial score (nSPS) is 12.0. The maximum atomic E-state index is 16.0. The first-order valence-electron chi connectivity index (χ1n) is 15.5. The van der Waals surface area contributed by atoms with Gasteiger partial charge in [0.25, 0.3) is 0 Å². The van der Waals surface area contributed by atoms with E-state index in [1.807, 2.05) is 84.9 Å². The summed E-state index contributed by atoms with van der Waals surface area (Å²) in [6.45, 7) is 0. The van der Waals surface area contributed by atoms with Gasteiger partial charge in [0.05, 0.1) is 22.1 Å². The van der Waals surface area contributed by atoms with Crippen LogP contribution in [0.1, 0.15) is 0 Å². The first-order valence-corrected chi connectivity index (χ1v) is 17.2. The molecule has 0 aliphatic carbocycles. The van der Waals surface area contributed by atoms with Crippen molar-refractivity contribution in [3.63, 3.8) is 0 Å². The van der Waals surface area contributed by atoms with Crippen molar-refractivity contribution in [3.8, 4) is 11.1 Å². The number of hydrogen-bond donors (Lipinski definition) is 0. The maximum absolute atomic E-state index is 16.0. The third kappa shape index (κ3) is 3.96. The summed E-state index contributed by atoms with van der Waals surface area (Å²) >= 11 is 0. The van der Waals surface area contributed by atoms with E-state index >= 15 is 4.57 Å². The molecule has 1 aromatic heterocycles. The first-order chi connectivity index (χ1) is 22.7. The zero-order valence-electron chi connectivity index (χ0n) is 24.8. The standard InChI is InChI=1S/C42H27N2OP/c45-46(28-15-3-1-4-16-28,29-17-5-2-6-18-29)42-34-23-11-8-20-31(34)40(32-21-9-12-24-35(32)42)36-27-39-41(33-22-10-7-19-30(33)36)44-38-26-14-13-25-37(38)43-39/h1-27H. The van der Waals surface area contributed by atoms with Crippen LogP contribution in [0.25, 0.3) is 65.5 Å². The van der Waals surface area contributed by atoms with Gasteiger partial charge >= 0.3 is 0 Å². The highest BCUT2D eigenvalue weighted by molar-refractivity contribution is 7.86. The van der Waals surface area contributed by atoms with Crippen molar-refractivity contribution in [2.45, 2.75) is 0 Å². The van der Waals surface area contributed by atoms with E-state index in [1.165, 1.54) is 0 Å². The summed E-state index contributed by atoms with van der Waals surface area (Å²) in [6, 6.07) is 55.5. The van der Waals surface area contributed by atoms with E-state index in [4.69, 9.17) is 9.97 Å². The minimum Gasteiger partial charge on any atom is -0.309 e. The van der Waals surface area contributed by atoms with Crippen LogP contribution in [0.3, 0.4) is 0 Å². The zero-order chi connectivity index (χ0) is 30.7. The summed E-state index contributed by atoms with van der Waals surface area (Å²) in [5.74, 6) is 0. The molecular formula is C42H27N2OP. The molecule has 3 nitrogen and oxygen atoms in total. The summed E-state index contributed by atoms with van der Waals surface area (Å²) in [7, 11) is -3.32. The van der Waals surface area contributed by atoms with Crippen LogP contribution in [0, 0.1) is 0 Å². The van der Waals surface area contributed by atoms with Gasteiger partial charge in [-0.3, -0.25) is 0 Å². The highest BCUT2D eigenvalue weighted by Gasteiger charge is 2.34. The minimum atomic E-state index is -3.32. The Kier molecular flexibility index (Phi) is 6.09. The lowest BCUT2D eigenvalue weighted by atomic mass is 9.88. The van der Waals surface area contributed by atoms with Crippen LogP contribution in [0.15, 0.2) is 164 Å². The average molecular weight is 607 g/mol. The van der Waals surface area contributed by atoms with Crippen molar-refractivity contribution in [3.05, 3.63) is 164 Å². The molecule has 0 spiro atoms. The Morgan fingerprint density at radius 2 is 0.826 bits per heavy atom. The number of fused-ring (bicyclic) bond motifs is 6. The van der Waals surface area contributed by atoms with Crippen molar-refractivity contribution < 1.29 is 4.57 Å². The molecule has 4 heteroatoms. The van der Waals surface area contributed by atoms with Crippen molar-refractivity contribution >= 4 is 77.4 Å². The Labute approximate surface area is 266 Å². The van der Waals surface area contributed by atoms with Crippen molar-refractivity contribution in [1.29, 1.82) is 0 Å². The topological polar surface area (TPSA) is 42.9 Å². The zero-order valence-corrected chi connectivity index (χ0v) is 25.7. The fourth-order valence-corrected chi connectivity index (χ4v) is 10.1. The molecule has 0 radical (unpaired) electrons. The Hall–Kier alpha value is -5.63. The molecule has 0 fully saturated rings. The smallest absolute Gasteiger partial charge is 0.172 e. The van der Waals surface area contributed by atoms with Crippen LogP contribution >= 0.6 is 7.14 Å². The molecule has 216 valence electrons. The molecular weight excluding hydrogens is 579 g/mol. The molecule has 0 N–H and O–H groups in total. The lowest BCUT2D eigenvalue weighted by Gasteiger charge is -2.25. The number of nitrogens with zero attached hydrogens (tertiary/aromatic N) is 2. The highest BCUT2D eigenvalue weighted by atomic mass is 31.2. The van der Waals surface area contributed by atoms with Crippen LogP contribution in [-0.2, 0) is 4.57 Å². The Balaban J connectivity index is 1.47. The fraction of sp³-hybridized carbons (Fsp3) is 0. The van der Waals surface area contributed by atoms with Gasteiger partial charge in [0.1, 0.15) is 0 Å². The molecule has 0 bridgehead atoms. The van der Waals surface area contributed by atoms with Gasteiger partial charge in [0.2, 0.25) is 0 Å². The summed E-state index contributed by atoms with van der Waals surface area (Å²) in [5.41, 5.74) is 5.68. The van der Waals surface area contributed by atoms with E-state index in [2.05, 4.69) is 78.9 Å². The van der Waals surface area contributed by atoms with Gasteiger partial charge in [-0.2, -0.15) is 0 Å².